The highest BCUT2D eigenvalue weighted by molar-refractivity contribution is 5.76. The second-order valence-corrected chi connectivity index (χ2v) is 3.60. The van der Waals surface area contributed by atoms with Gasteiger partial charge in [-0.1, -0.05) is 19.3 Å². The molecule has 0 aromatic carbocycles. The zero-order valence-electron chi connectivity index (χ0n) is 7.98. The fourth-order valence-corrected chi connectivity index (χ4v) is 1.89. The van der Waals surface area contributed by atoms with Crippen LogP contribution in [0.3, 0.4) is 0 Å². The van der Waals surface area contributed by atoms with E-state index in [2.05, 4.69) is 0 Å². The number of amides is 1. The number of carbonyl (C=O) groups is 2. The molecule has 0 aliphatic heterocycles. The lowest BCUT2D eigenvalue weighted by Gasteiger charge is -2.30. The summed E-state index contributed by atoms with van der Waals surface area (Å²) in [6, 6.07) is -0.0997. The van der Waals surface area contributed by atoms with Crippen LogP contribution in [0.15, 0.2) is 0 Å². The minimum absolute atomic E-state index is 0.0997. The minimum Gasteiger partial charge on any atom is -0.480 e. The van der Waals surface area contributed by atoms with Crippen molar-refractivity contribution in [2.75, 3.05) is 6.54 Å². The summed E-state index contributed by atoms with van der Waals surface area (Å²) in [6.07, 6.45) is 3.57. The van der Waals surface area contributed by atoms with Crippen LogP contribution in [0, 0.1) is 0 Å². The van der Waals surface area contributed by atoms with E-state index < -0.39 is 18.6 Å². The Hall–Kier alpha value is -1.26. The Bertz CT molecular complexity index is 223. The summed E-state index contributed by atoms with van der Waals surface area (Å²) < 4.78 is 0. The van der Waals surface area contributed by atoms with Crippen LogP contribution in [0.4, 0.5) is 4.79 Å². The Morgan fingerprint density at radius 2 is 1.71 bits per heavy atom. The highest BCUT2D eigenvalue weighted by Gasteiger charge is 2.26. The number of hydrogen-bond donors (Lipinski definition) is 2. The molecule has 1 fully saturated rings. The topological polar surface area (TPSA) is 77.8 Å². The normalized spacial score (nSPS) is 17.7. The summed E-state index contributed by atoms with van der Waals surface area (Å²) in [5.74, 6) is -1.09. The smallest absolute Gasteiger partial charge is 0.408 e. The van der Waals surface area contributed by atoms with Gasteiger partial charge in [0.2, 0.25) is 0 Å². The second kappa shape index (κ2) is 4.83. The Kier molecular flexibility index (Phi) is 3.73. The molecule has 2 N–H and O–H groups in total. The van der Waals surface area contributed by atoms with Crippen molar-refractivity contribution in [1.29, 1.82) is 0 Å². The maximum absolute atomic E-state index is 10.8. The largest absolute Gasteiger partial charge is 0.480 e. The molecule has 0 unspecified atom stereocenters. The molecule has 0 aromatic rings. The van der Waals surface area contributed by atoms with Crippen molar-refractivity contribution < 1.29 is 19.8 Å². The first kappa shape index (κ1) is 10.8. The summed E-state index contributed by atoms with van der Waals surface area (Å²) in [5.41, 5.74) is 0. The third kappa shape index (κ3) is 2.90. The highest BCUT2D eigenvalue weighted by atomic mass is 16.4. The fraction of sp³-hybridized carbons (Fsp3) is 0.778. The number of nitrogens with zero attached hydrogens (tertiary/aromatic N) is 1. The van der Waals surface area contributed by atoms with Gasteiger partial charge < -0.3 is 10.2 Å². The molecule has 0 heterocycles. The minimum atomic E-state index is -1.13. The second-order valence-electron chi connectivity index (χ2n) is 3.60. The van der Waals surface area contributed by atoms with E-state index >= 15 is 0 Å². The van der Waals surface area contributed by atoms with Crippen molar-refractivity contribution in [2.45, 2.75) is 38.1 Å². The van der Waals surface area contributed by atoms with E-state index in [9.17, 15) is 9.59 Å². The lowest BCUT2D eigenvalue weighted by Crippen LogP contribution is -2.43. The third-order valence-electron chi connectivity index (χ3n) is 2.57. The van der Waals surface area contributed by atoms with Gasteiger partial charge in [-0.3, -0.25) is 9.69 Å². The van der Waals surface area contributed by atoms with E-state index in [4.69, 9.17) is 10.2 Å². The van der Waals surface area contributed by atoms with Crippen LogP contribution in [0.1, 0.15) is 32.1 Å². The monoisotopic (exact) mass is 201 g/mol. The zero-order valence-corrected chi connectivity index (χ0v) is 7.98. The SMILES string of the molecule is O=C(O)CN(C(=O)O)C1CCCCC1. The Labute approximate surface area is 82.3 Å². The number of hydrogen-bond acceptors (Lipinski definition) is 2. The average molecular weight is 201 g/mol. The van der Waals surface area contributed by atoms with E-state index in [-0.39, 0.29) is 6.04 Å². The summed E-state index contributed by atoms with van der Waals surface area (Å²) in [4.78, 5) is 22.3. The molecule has 0 atom stereocenters. The number of carboxylic acids is 1. The molecule has 0 radical (unpaired) electrons. The molecule has 1 aliphatic carbocycles. The Morgan fingerprint density at radius 1 is 1.14 bits per heavy atom. The van der Waals surface area contributed by atoms with E-state index in [1.165, 1.54) is 0 Å². The number of carboxylic acid groups (broad SMARTS) is 2. The van der Waals surface area contributed by atoms with E-state index in [0.29, 0.717) is 0 Å². The van der Waals surface area contributed by atoms with Crippen LogP contribution in [0.2, 0.25) is 0 Å². The van der Waals surface area contributed by atoms with Gasteiger partial charge in [-0.2, -0.15) is 0 Å². The molecule has 80 valence electrons. The number of aliphatic carboxylic acids is 1. The van der Waals surface area contributed by atoms with Gasteiger partial charge in [-0.15, -0.1) is 0 Å². The summed E-state index contributed by atoms with van der Waals surface area (Å²) in [7, 11) is 0. The first-order chi connectivity index (χ1) is 6.61. The summed E-state index contributed by atoms with van der Waals surface area (Å²) in [5, 5.41) is 17.4. The predicted octanol–water partition coefficient (Wildman–Crippen LogP) is 1.38. The molecule has 1 rings (SSSR count). The molecule has 0 bridgehead atoms. The quantitative estimate of drug-likeness (QED) is 0.723. The Balaban J connectivity index is 2.56. The predicted molar refractivity (Wildman–Crippen MR) is 49.2 cm³/mol. The maximum Gasteiger partial charge on any atom is 0.408 e. The standard InChI is InChI=1S/C9H15NO4/c11-8(12)6-10(9(13)14)7-4-2-1-3-5-7/h7H,1-6H2,(H,11,12)(H,13,14). The van der Waals surface area contributed by atoms with Crippen LogP contribution < -0.4 is 0 Å². The van der Waals surface area contributed by atoms with Gasteiger partial charge in [0.1, 0.15) is 6.54 Å². The van der Waals surface area contributed by atoms with Gasteiger partial charge in [-0.05, 0) is 12.8 Å². The summed E-state index contributed by atoms with van der Waals surface area (Å²) in [6.45, 7) is -0.403. The van der Waals surface area contributed by atoms with Crippen LogP contribution in [-0.4, -0.2) is 39.8 Å². The molecule has 0 saturated heterocycles. The van der Waals surface area contributed by atoms with Gasteiger partial charge in [-0.25, -0.2) is 4.79 Å². The van der Waals surface area contributed by atoms with Crippen molar-refractivity contribution >= 4 is 12.1 Å². The van der Waals surface area contributed by atoms with Crippen LogP contribution >= 0.6 is 0 Å². The van der Waals surface area contributed by atoms with Gasteiger partial charge in [0.25, 0.3) is 0 Å². The molecule has 0 aromatic heterocycles. The Morgan fingerprint density at radius 3 is 2.14 bits per heavy atom. The van der Waals surface area contributed by atoms with Crippen molar-refractivity contribution in [2.24, 2.45) is 0 Å². The molecular formula is C9H15NO4. The van der Waals surface area contributed by atoms with Crippen LogP contribution in [-0.2, 0) is 4.79 Å². The van der Waals surface area contributed by atoms with Crippen LogP contribution in [0.25, 0.3) is 0 Å². The zero-order chi connectivity index (χ0) is 10.6. The lowest BCUT2D eigenvalue weighted by atomic mass is 9.94. The first-order valence-corrected chi connectivity index (χ1v) is 4.82. The first-order valence-electron chi connectivity index (χ1n) is 4.82. The van der Waals surface area contributed by atoms with Crippen LogP contribution in [0.5, 0.6) is 0 Å². The third-order valence-corrected chi connectivity index (χ3v) is 2.57. The van der Waals surface area contributed by atoms with Gasteiger partial charge >= 0.3 is 12.1 Å². The molecular weight excluding hydrogens is 186 g/mol. The van der Waals surface area contributed by atoms with Crippen molar-refractivity contribution in [1.82, 2.24) is 4.90 Å². The van der Waals surface area contributed by atoms with Gasteiger partial charge in [0, 0.05) is 6.04 Å². The van der Waals surface area contributed by atoms with E-state index in [1.54, 1.807) is 0 Å². The molecule has 1 saturated carbocycles. The van der Waals surface area contributed by atoms with Crippen molar-refractivity contribution in [3.8, 4) is 0 Å². The molecule has 1 amide bonds. The molecule has 1 aliphatic rings. The summed E-state index contributed by atoms with van der Waals surface area (Å²) >= 11 is 0. The molecule has 5 nitrogen and oxygen atoms in total. The molecule has 5 heteroatoms. The molecule has 0 spiro atoms. The van der Waals surface area contributed by atoms with Gasteiger partial charge in [0.15, 0.2) is 0 Å². The van der Waals surface area contributed by atoms with E-state index in [1.807, 2.05) is 0 Å². The maximum atomic E-state index is 10.8. The van der Waals surface area contributed by atoms with Crippen molar-refractivity contribution in [3.05, 3.63) is 0 Å². The van der Waals surface area contributed by atoms with Gasteiger partial charge in [0.05, 0.1) is 0 Å². The highest BCUT2D eigenvalue weighted by Crippen LogP contribution is 2.22. The fourth-order valence-electron chi connectivity index (χ4n) is 1.89. The van der Waals surface area contributed by atoms with E-state index in [0.717, 1.165) is 37.0 Å². The van der Waals surface area contributed by atoms with Crippen molar-refractivity contribution in [3.63, 3.8) is 0 Å². The number of rotatable bonds is 3. The molecule has 14 heavy (non-hydrogen) atoms. The average Bonchev–Trinajstić information content (AvgIpc) is 2.15. The lowest BCUT2D eigenvalue weighted by molar-refractivity contribution is -0.138.